The van der Waals surface area contributed by atoms with Crippen molar-refractivity contribution >= 4 is 35.6 Å². The minimum atomic E-state index is -1.37. The maximum atomic E-state index is 12.9. The van der Waals surface area contributed by atoms with E-state index in [4.69, 9.17) is 21.7 Å². The lowest BCUT2D eigenvalue weighted by Gasteiger charge is -2.26. The van der Waals surface area contributed by atoms with Crippen molar-refractivity contribution < 1.29 is 44.1 Å². The minimum Gasteiger partial charge on any atom is -0.481 e. The lowest BCUT2D eigenvalue weighted by molar-refractivity contribution is -0.142. The molecule has 4 atom stereocenters. The molecule has 0 aromatic heterocycles. The monoisotopic (exact) mass is 517 g/mol. The Labute approximate surface area is 209 Å². The van der Waals surface area contributed by atoms with E-state index >= 15 is 0 Å². The largest absolute Gasteiger partial charge is 0.481 e. The number of carbonyl (C=O) groups excluding carboxylic acids is 3. The zero-order chi connectivity index (χ0) is 27.8. The molecule has 36 heavy (non-hydrogen) atoms. The Hall–Kier alpha value is -3.26. The number of nitrogens with one attached hydrogen (secondary N) is 3. The fourth-order valence-electron chi connectivity index (χ4n) is 3.22. The minimum absolute atomic E-state index is 0.0851. The summed E-state index contributed by atoms with van der Waals surface area (Å²) < 4.78 is 0. The molecule has 0 aromatic carbocycles. The summed E-state index contributed by atoms with van der Waals surface area (Å²) in [7, 11) is 0. The van der Waals surface area contributed by atoms with Crippen molar-refractivity contribution in [2.45, 2.75) is 89.4 Å². The molecule has 0 saturated heterocycles. The van der Waals surface area contributed by atoms with Crippen molar-refractivity contribution in [2.75, 3.05) is 6.54 Å². The normalized spacial score (nSPS) is 14.2. The maximum absolute atomic E-state index is 12.9. The van der Waals surface area contributed by atoms with Crippen LogP contribution in [0.25, 0.3) is 0 Å². The highest BCUT2D eigenvalue weighted by molar-refractivity contribution is 5.94. The topological polar surface area (TPSA) is 251 Å². The van der Waals surface area contributed by atoms with Crippen LogP contribution in [0.4, 0.5) is 0 Å². The van der Waals surface area contributed by atoms with E-state index in [-0.39, 0.29) is 38.0 Å². The molecule has 0 aliphatic carbocycles. The van der Waals surface area contributed by atoms with Crippen LogP contribution >= 0.6 is 0 Å². The van der Waals surface area contributed by atoms with Crippen molar-refractivity contribution in [3.63, 3.8) is 0 Å². The van der Waals surface area contributed by atoms with E-state index in [9.17, 15) is 33.9 Å². The number of hydrogen-bond acceptors (Lipinski definition) is 8. The predicted molar refractivity (Wildman–Crippen MR) is 128 cm³/mol. The van der Waals surface area contributed by atoms with Gasteiger partial charge in [0.2, 0.25) is 17.7 Å². The second kappa shape index (κ2) is 17.2. The van der Waals surface area contributed by atoms with Crippen molar-refractivity contribution in [1.29, 1.82) is 0 Å². The first-order valence-corrected chi connectivity index (χ1v) is 11.8. The highest BCUT2D eigenvalue weighted by atomic mass is 16.4. The second-order valence-corrected chi connectivity index (χ2v) is 8.91. The molecule has 14 heteroatoms. The number of rotatable bonds is 19. The number of unbranched alkanes of at least 4 members (excludes halogenated alkanes) is 1. The van der Waals surface area contributed by atoms with Crippen LogP contribution in [0.2, 0.25) is 0 Å². The lowest BCUT2D eigenvalue weighted by atomic mass is 10.0. The van der Waals surface area contributed by atoms with Crippen molar-refractivity contribution in [2.24, 2.45) is 17.4 Å². The van der Waals surface area contributed by atoms with Gasteiger partial charge in [-0.05, 0) is 51.0 Å². The van der Waals surface area contributed by atoms with Crippen molar-refractivity contribution in [3.8, 4) is 0 Å². The van der Waals surface area contributed by atoms with Crippen LogP contribution in [0.3, 0.4) is 0 Å². The zero-order valence-electron chi connectivity index (χ0n) is 20.7. The number of hydrogen-bond donors (Lipinski definition) is 8. The number of nitrogens with two attached hydrogens (primary N) is 2. The molecule has 206 valence electrons. The molecular weight excluding hydrogens is 478 g/mol. The Balaban J connectivity index is 5.51. The van der Waals surface area contributed by atoms with Crippen LogP contribution in [0.1, 0.15) is 65.2 Å². The Kier molecular flexibility index (Phi) is 15.7. The van der Waals surface area contributed by atoms with Gasteiger partial charge in [-0.3, -0.25) is 24.0 Å². The molecule has 14 nitrogen and oxygen atoms in total. The van der Waals surface area contributed by atoms with Crippen LogP contribution in [0.15, 0.2) is 0 Å². The maximum Gasteiger partial charge on any atom is 0.326 e. The molecule has 0 saturated carbocycles. The fourth-order valence-corrected chi connectivity index (χ4v) is 3.22. The van der Waals surface area contributed by atoms with Crippen LogP contribution in [-0.4, -0.2) is 81.7 Å². The first-order chi connectivity index (χ1) is 16.8. The van der Waals surface area contributed by atoms with Crippen LogP contribution in [0.5, 0.6) is 0 Å². The standard InChI is InChI=1S/C22H39N5O9/c1-12(2)11-16(21(34)26-15(22(35)36)5-3-4-10-23)27-20(33)14(7-9-18(30)31)25-19(32)13(24)6-8-17(28)29/h12-16H,3-11,23-24H2,1-2H3,(H,25,32)(H,26,34)(H,27,33)(H,28,29)(H,30,31)(H,35,36). The summed E-state index contributed by atoms with van der Waals surface area (Å²) in [6.45, 7) is 3.94. The Morgan fingerprint density at radius 2 is 1.19 bits per heavy atom. The third kappa shape index (κ3) is 14.2. The quantitative estimate of drug-likeness (QED) is 0.0940. The van der Waals surface area contributed by atoms with Crippen molar-refractivity contribution in [1.82, 2.24) is 16.0 Å². The molecule has 3 amide bonds. The average Bonchev–Trinajstić information content (AvgIpc) is 2.78. The van der Waals surface area contributed by atoms with Gasteiger partial charge in [-0.2, -0.15) is 0 Å². The number of aliphatic carboxylic acids is 3. The smallest absolute Gasteiger partial charge is 0.326 e. The first kappa shape index (κ1) is 32.7. The zero-order valence-corrected chi connectivity index (χ0v) is 20.7. The summed E-state index contributed by atoms with van der Waals surface area (Å²) in [6.07, 6.45) is -0.0411. The highest BCUT2D eigenvalue weighted by Gasteiger charge is 2.31. The van der Waals surface area contributed by atoms with Crippen LogP contribution in [-0.2, 0) is 28.8 Å². The van der Waals surface area contributed by atoms with Gasteiger partial charge in [0.1, 0.15) is 18.1 Å². The van der Waals surface area contributed by atoms with Gasteiger partial charge < -0.3 is 42.7 Å². The van der Waals surface area contributed by atoms with Gasteiger partial charge in [-0.25, -0.2) is 4.79 Å². The molecule has 0 heterocycles. The molecule has 0 fully saturated rings. The van der Waals surface area contributed by atoms with Gasteiger partial charge in [0.05, 0.1) is 6.04 Å². The van der Waals surface area contributed by atoms with Gasteiger partial charge in [-0.1, -0.05) is 13.8 Å². The summed E-state index contributed by atoms with van der Waals surface area (Å²) in [4.78, 5) is 71.4. The molecule has 0 rings (SSSR count). The Bertz CT molecular complexity index is 775. The lowest BCUT2D eigenvalue weighted by Crippen LogP contribution is -2.57. The van der Waals surface area contributed by atoms with Crippen molar-refractivity contribution in [3.05, 3.63) is 0 Å². The number of carboxylic acid groups (broad SMARTS) is 3. The van der Waals surface area contributed by atoms with E-state index in [0.717, 1.165) is 0 Å². The number of carbonyl (C=O) groups is 6. The Morgan fingerprint density at radius 1 is 0.694 bits per heavy atom. The number of amides is 3. The molecular formula is C22H39N5O9. The average molecular weight is 518 g/mol. The number of carboxylic acids is 3. The molecule has 0 bridgehead atoms. The van der Waals surface area contributed by atoms with E-state index in [2.05, 4.69) is 16.0 Å². The van der Waals surface area contributed by atoms with Gasteiger partial charge in [0.15, 0.2) is 0 Å². The predicted octanol–water partition coefficient (Wildman–Crippen LogP) is -1.24. The van der Waals surface area contributed by atoms with E-state index in [1.54, 1.807) is 13.8 Å². The third-order valence-electron chi connectivity index (χ3n) is 5.19. The summed E-state index contributed by atoms with van der Waals surface area (Å²) in [5.74, 6) is -6.16. The third-order valence-corrected chi connectivity index (χ3v) is 5.19. The molecule has 10 N–H and O–H groups in total. The van der Waals surface area contributed by atoms with Crippen LogP contribution < -0.4 is 27.4 Å². The second-order valence-electron chi connectivity index (χ2n) is 8.91. The van der Waals surface area contributed by atoms with Gasteiger partial charge in [-0.15, -0.1) is 0 Å². The van der Waals surface area contributed by atoms with E-state index in [0.29, 0.717) is 19.4 Å². The highest BCUT2D eigenvalue weighted by Crippen LogP contribution is 2.09. The Morgan fingerprint density at radius 3 is 1.69 bits per heavy atom. The van der Waals surface area contributed by atoms with Crippen LogP contribution in [0, 0.1) is 5.92 Å². The summed E-state index contributed by atoms with van der Waals surface area (Å²) in [5, 5.41) is 34.4. The molecule has 0 aromatic rings. The molecule has 0 aliphatic rings. The van der Waals surface area contributed by atoms with Gasteiger partial charge in [0.25, 0.3) is 0 Å². The van der Waals surface area contributed by atoms with Gasteiger partial charge >= 0.3 is 17.9 Å². The summed E-state index contributed by atoms with van der Waals surface area (Å²) >= 11 is 0. The van der Waals surface area contributed by atoms with E-state index in [1.165, 1.54) is 0 Å². The van der Waals surface area contributed by atoms with Gasteiger partial charge in [0, 0.05) is 12.8 Å². The summed E-state index contributed by atoms with van der Waals surface area (Å²) in [5.41, 5.74) is 11.1. The van der Waals surface area contributed by atoms with E-state index < -0.39 is 66.2 Å². The molecule has 0 radical (unpaired) electrons. The first-order valence-electron chi connectivity index (χ1n) is 11.8. The molecule has 0 spiro atoms. The SMILES string of the molecule is CC(C)CC(NC(=O)C(CCC(=O)O)NC(=O)C(N)CCC(=O)O)C(=O)NC(CCCCN)C(=O)O. The molecule has 4 unspecified atom stereocenters. The summed E-state index contributed by atoms with van der Waals surface area (Å²) in [6, 6.07) is -4.96. The van der Waals surface area contributed by atoms with E-state index in [1.807, 2.05) is 0 Å². The fraction of sp³-hybridized carbons (Fsp3) is 0.727. The molecule has 0 aliphatic heterocycles.